The van der Waals surface area contributed by atoms with E-state index in [1.807, 2.05) is 4.90 Å². The van der Waals surface area contributed by atoms with Crippen molar-refractivity contribution in [3.8, 4) is 5.75 Å². The van der Waals surface area contributed by atoms with Gasteiger partial charge in [0.05, 0.1) is 150 Å². The normalized spacial score (nSPS) is 19.1. The van der Waals surface area contributed by atoms with Gasteiger partial charge in [-0.3, -0.25) is 18.9 Å². The summed E-state index contributed by atoms with van der Waals surface area (Å²) in [6.45, 7) is 5.58. The lowest BCUT2D eigenvalue weighted by molar-refractivity contribution is -0.136. The molecule has 78 heavy (non-hydrogen) atoms. The standard InChI is InChI=1S/C44H66ClF3N8O20P2/c1-63-78(62,64-2)29-77(60,61)74-28-36-38(58)39(59)43(75-36)56-42-33(24-51-56)41(52-44(45)53-42)55-25-32(26-55)73-20-19-71-16-15-69-13-14-70-17-18-72-27-31(54-49)23-50-4-6-66-8-10-68-12-11-67-9-7-65-5-3-37(57)76-40-34(47)21-30(46)22-35(40)48/h21-24,32,36,38-39,43,58-59H,3-20,25-29,49H2,1-2H3,(H,60,61)/t36-,38-,39-,43-/m1/s1. The number of carbonyl (C=O) groups excluding carboxylic acids is 1. The third kappa shape index (κ3) is 21.9. The molecule has 5 rings (SSSR count). The summed E-state index contributed by atoms with van der Waals surface area (Å²) in [5.74, 6) is -0.697. The molecule has 28 nitrogen and oxygen atoms in total. The maximum absolute atomic E-state index is 13.6. The number of aliphatic hydroxyl groups is 2. The van der Waals surface area contributed by atoms with E-state index < -0.39 is 81.4 Å². The molecular weight excluding hydrogens is 1110 g/mol. The summed E-state index contributed by atoms with van der Waals surface area (Å²) in [4.78, 5) is 36.7. The predicted octanol–water partition coefficient (Wildman–Crippen LogP) is 1.88. The summed E-state index contributed by atoms with van der Waals surface area (Å²) in [6, 6.07) is 0.823. The SMILES string of the molecule is COP(=O)(CP(=O)(O)OC[C@H]1O[C@@H](n2ncc3c(N4CC(OCCOCCOCCOCCOCC(C=NCCOCCOCCOCCOCCC(=O)Oc5c(F)cc(F)cc5F)=NN)C4)nc(Cl)nc32)[C@H](O)[C@@H]1O)OC. The Morgan fingerprint density at radius 1 is 0.821 bits per heavy atom. The molecule has 5 N–H and O–H groups in total. The van der Waals surface area contributed by atoms with Crippen LogP contribution in [0.4, 0.5) is 19.0 Å². The highest BCUT2D eigenvalue weighted by atomic mass is 35.5. The number of anilines is 1. The van der Waals surface area contributed by atoms with Crippen molar-refractivity contribution < 1.29 is 108 Å². The molecule has 2 aliphatic rings. The summed E-state index contributed by atoms with van der Waals surface area (Å²) in [5, 5.41) is 29.9. The van der Waals surface area contributed by atoms with Gasteiger partial charge in [-0.15, -0.1) is 0 Å². The second-order valence-electron chi connectivity index (χ2n) is 16.6. The lowest BCUT2D eigenvalue weighted by Crippen LogP contribution is -2.53. The van der Waals surface area contributed by atoms with Crippen LogP contribution in [0.15, 0.2) is 28.4 Å². The molecule has 2 aromatic heterocycles. The topological polar surface area (TPSA) is 339 Å². The number of aromatic nitrogens is 4. The highest BCUT2D eigenvalue weighted by Gasteiger charge is 2.47. The van der Waals surface area contributed by atoms with Gasteiger partial charge >= 0.3 is 21.2 Å². The van der Waals surface area contributed by atoms with E-state index in [0.29, 0.717) is 135 Å². The molecule has 440 valence electrons. The fourth-order valence-corrected chi connectivity index (χ4v) is 10.6. The van der Waals surface area contributed by atoms with E-state index in [0.717, 1.165) is 14.2 Å². The minimum Gasteiger partial charge on any atom is -0.420 e. The third-order valence-corrected chi connectivity index (χ3v) is 15.6. The molecule has 2 fully saturated rings. The van der Waals surface area contributed by atoms with Crippen molar-refractivity contribution in [1.82, 2.24) is 19.7 Å². The van der Waals surface area contributed by atoms with Crippen molar-refractivity contribution in [3.05, 3.63) is 41.1 Å². The molecular formula is C44H66ClF3N8O20P2. The van der Waals surface area contributed by atoms with Crippen LogP contribution in [-0.2, 0) is 74.9 Å². The smallest absolute Gasteiger partial charge is 0.342 e. The number of fused-ring (bicyclic) bond motifs is 1. The summed E-state index contributed by atoms with van der Waals surface area (Å²) < 4.78 is 141. The monoisotopic (exact) mass is 1180 g/mol. The first-order valence-corrected chi connectivity index (χ1v) is 28.1. The van der Waals surface area contributed by atoms with Crippen LogP contribution in [0.2, 0.25) is 5.28 Å². The van der Waals surface area contributed by atoms with E-state index >= 15 is 0 Å². The van der Waals surface area contributed by atoms with Crippen LogP contribution in [0.25, 0.3) is 11.0 Å². The van der Waals surface area contributed by atoms with Crippen LogP contribution in [-0.4, -0.2) is 236 Å². The van der Waals surface area contributed by atoms with Gasteiger partial charge in [0, 0.05) is 45.7 Å². The van der Waals surface area contributed by atoms with Gasteiger partial charge in [0.1, 0.15) is 35.7 Å². The highest BCUT2D eigenvalue weighted by molar-refractivity contribution is 7.70. The second kappa shape index (κ2) is 34.4. The molecule has 0 bridgehead atoms. The quantitative estimate of drug-likeness (QED) is 0.00921. The number of esters is 1. The van der Waals surface area contributed by atoms with Gasteiger partial charge in [0.2, 0.25) is 11.0 Å². The van der Waals surface area contributed by atoms with E-state index in [2.05, 4.69) is 29.9 Å². The molecule has 1 unspecified atom stereocenters. The number of nitrogens with zero attached hydrogens (tertiary/aromatic N) is 7. The van der Waals surface area contributed by atoms with Crippen molar-refractivity contribution in [2.45, 2.75) is 37.1 Å². The Bertz CT molecular complexity index is 2420. The Morgan fingerprint density at radius 2 is 1.37 bits per heavy atom. The van der Waals surface area contributed by atoms with Crippen LogP contribution in [0, 0.1) is 17.5 Å². The van der Waals surface area contributed by atoms with Gasteiger partial charge in [0.15, 0.2) is 29.4 Å². The van der Waals surface area contributed by atoms with Crippen molar-refractivity contribution >= 4 is 61.5 Å². The van der Waals surface area contributed by atoms with E-state index in [-0.39, 0.29) is 49.9 Å². The Morgan fingerprint density at radius 3 is 1.95 bits per heavy atom. The average Bonchev–Trinajstić information content (AvgIpc) is 3.98. The van der Waals surface area contributed by atoms with Gasteiger partial charge in [-0.1, -0.05) is 0 Å². The zero-order valence-corrected chi connectivity index (χ0v) is 45.4. The Kier molecular flexibility index (Phi) is 28.6. The van der Waals surface area contributed by atoms with Crippen molar-refractivity contribution in [1.29, 1.82) is 0 Å². The van der Waals surface area contributed by atoms with Crippen LogP contribution < -0.4 is 15.5 Å². The van der Waals surface area contributed by atoms with Crippen molar-refractivity contribution in [2.24, 2.45) is 15.9 Å². The number of ether oxygens (including phenoxy) is 11. The molecule has 2 aliphatic heterocycles. The highest BCUT2D eigenvalue weighted by Crippen LogP contribution is 2.60. The average molecular weight is 1180 g/mol. The number of hydrogen-bond donors (Lipinski definition) is 4. The number of rotatable bonds is 41. The van der Waals surface area contributed by atoms with E-state index in [1.165, 1.54) is 17.1 Å². The minimum atomic E-state index is -4.53. The molecule has 1 aromatic carbocycles. The Balaban J connectivity index is 0.791. The lowest BCUT2D eigenvalue weighted by Gasteiger charge is -2.39. The van der Waals surface area contributed by atoms with Crippen LogP contribution in [0.5, 0.6) is 5.75 Å². The number of halogens is 4. The first-order valence-electron chi connectivity index (χ1n) is 24.3. The number of hydrogen-bond acceptors (Lipinski definition) is 26. The Hall–Kier alpha value is -3.92. The number of carbonyl (C=O) groups is 1. The fourth-order valence-electron chi connectivity index (χ4n) is 6.95. The molecule has 2 saturated heterocycles. The summed E-state index contributed by atoms with van der Waals surface area (Å²) in [5.41, 5.74) is 0.640. The van der Waals surface area contributed by atoms with Gasteiger partial charge in [-0.2, -0.15) is 20.2 Å². The number of benzene rings is 1. The zero-order chi connectivity index (χ0) is 56.3. The molecule has 0 amide bonds. The second-order valence-corrected chi connectivity index (χ2v) is 21.5. The summed E-state index contributed by atoms with van der Waals surface area (Å²) in [6.07, 6.45) is -3.08. The first-order chi connectivity index (χ1) is 37.6. The number of aliphatic hydroxyl groups excluding tert-OH is 2. The predicted molar refractivity (Wildman–Crippen MR) is 269 cm³/mol. The maximum atomic E-state index is 13.6. The Labute approximate surface area is 451 Å². The van der Waals surface area contributed by atoms with Gasteiger partial charge in [-0.05, 0) is 11.6 Å². The number of aliphatic imine (C=N–C) groups is 1. The lowest BCUT2D eigenvalue weighted by atomic mass is 10.1. The number of hydrazone groups is 1. The van der Waals surface area contributed by atoms with E-state index in [1.54, 1.807) is 0 Å². The molecule has 0 saturated carbocycles. The fraction of sp³-hybridized carbons (Fsp3) is 0.682. The molecule has 5 atom stereocenters. The molecule has 0 spiro atoms. The maximum Gasteiger partial charge on any atom is 0.342 e. The van der Waals surface area contributed by atoms with Crippen LogP contribution in [0.3, 0.4) is 0 Å². The van der Waals surface area contributed by atoms with Crippen LogP contribution in [0.1, 0.15) is 12.6 Å². The van der Waals surface area contributed by atoms with Gasteiger partial charge in [-0.25, -0.2) is 17.9 Å². The number of nitrogens with two attached hydrogens (primary N) is 1. The largest absolute Gasteiger partial charge is 0.420 e. The third-order valence-electron chi connectivity index (χ3n) is 10.9. The summed E-state index contributed by atoms with van der Waals surface area (Å²) >= 11 is 6.30. The van der Waals surface area contributed by atoms with Gasteiger partial charge in [0.25, 0.3) is 0 Å². The zero-order valence-electron chi connectivity index (χ0n) is 42.9. The first kappa shape index (κ1) is 64.9. The van der Waals surface area contributed by atoms with Crippen molar-refractivity contribution in [3.63, 3.8) is 0 Å². The summed E-state index contributed by atoms with van der Waals surface area (Å²) in [7, 11) is -6.32. The molecule has 4 heterocycles. The van der Waals surface area contributed by atoms with E-state index in [4.69, 9.17) is 78.4 Å². The minimum absolute atomic E-state index is 0.0659. The van der Waals surface area contributed by atoms with Gasteiger partial charge < -0.3 is 91.5 Å². The van der Waals surface area contributed by atoms with Crippen LogP contribution >= 0.6 is 26.8 Å². The molecule has 0 aliphatic carbocycles. The molecule has 3 aromatic rings. The van der Waals surface area contributed by atoms with Crippen molar-refractivity contribution in [2.75, 3.05) is 164 Å². The molecule has 0 radical (unpaired) electrons. The van der Waals surface area contributed by atoms with E-state index in [9.17, 15) is 42.2 Å². The molecule has 34 heteroatoms.